The van der Waals surface area contributed by atoms with Crippen molar-refractivity contribution in [3.05, 3.63) is 40.0 Å². The quantitative estimate of drug-likeness (QED) is 0.773. The molecule has 2 heterocycles. The lowest BCUT2D eigenvalue weighted by molar-refractivity contribution is 0.0701. The normalized spacial score (nSPS) is 14.0. The molecule has 120 valence electrons. The van der Waals surface area contributed by atoms with Crippen LogP contribution < -0.4 is 0 Å². The Morgan fingerprint density at radius 2 is 2.17 bits per heavy atom. The first-order valence-electron chi connectivity index (χ1n) is 7.77. The summed E-state index contributed by atoms with van der Waals surface area (Å²) in [6.07, 6.45) is 2.32. The van der Waals surface area contributed by atoms with E-state index in [-0.39, 0.29) is 4.88 Å². The van der Waals surface area contributed by atoms with Gasteiger partial charge in [0.2, 0.25) is 0 Å². The Hall–Kier alpha value is -2.65. The maximum Gasteiger partial charge on any atom is 0.347 e. The molecule has 0 amide bonds. The molecule has 1 aliphatic carbocycles. The second-order valence-corrected chi connectivity index (χ2v) is 7.14. The van der Waals surface area contributed by atoms with Gasteiger partial charge in [0, 0.05) is 28.2 Å². The Morgan fingerprint density at radius 1 is 1.42 bits per heavy atom. The molecule has 1 aliphatic rings. The number of nitriles is 1. The third-order valence-electron chi connectivity index (χ3n) is 4.51. The van der Waals surface area contributed by atoms with Gasteiger partial charge in [-0.05, 0) is 44.9 Å². The molecule has 0 spiro atoms. The van der Waals surface area contributed by atoms with Crippen LogP contribution in [0.4, 0.5) is 0 Å². The number of aryl methyl sites for hydroxylation is 1. The van der Waals surface area contributed by atoms with E-state index in [1.54, 1.807) is 6.92 Å². The average molecular weight is 337 g/mol. The zero-order valence-corrected chi connectivity index (χ0v) is 14.1. The standard InChI is InChI=1S/C18H15N3O2S/c1-9-16(18(22)23)24-17(20-9)11-3-6-15-13(7-11)14(8-19)10(2)21(15)12-4-5-12/h3,6-7,12H,4-5H2,1-2H3,(H,22,23). The van der Waals surface area contributed by atoms with E-state index < -0.39 is 5.97 Å². The maximum absolute atomic E-state index is 11.2. The van der Waals surface area contributed by atoms with E-state index >= 15 is 0 Å². The number of carboxylic acid groups (broad SMARTS) is 1. The van der Waals surface area contributed by atoms with Gasteiger partial charge in [-0.2, -0.15) is 5.26 Å². The topological polar surface area (TPSA) is 78.9 Å². The number of thiazole rings is 1. The fourth-order valence-electron chi connectivity index (χ4n) is 3.24. The van der Waals surface area contributed by atoms with Gasteiger partial charge in [-0.3, -0.25) is 0 Å². The monoisotopic (exact) mass is 337 g/mol. The molecular weight excluding hydrogens is 322 g/mol. The van der Waals surface area contributed by atoms with Crippen molar-refractivity contribution in [2.75, 3.05) is 0 Å². The molecule has 0 saturated heterocycles. The van der Waals surface area contributed by atoms with E-state index in [2.05, 4.69) is 15.6 Å². The molecule has 0 bridgehead atoms. The van der Waals surface area contributed by atoms with Gasteiger partial charge in [0.15, 0.2) is 0 Å². The minimum Gasteiger partial charge on any atom is -0.477 e. The molecule has 4 rings (SSSR count). The molecule has 24 heavy (non-hydrogen) atoms. The van der Waals surface area contributed by atoms with Crippen molar-refractivity contribution in [3.8, 4) is 16.6 Å². The van der Waals surface area contributed by atoms with Crippen LogP contribution in [-0.2, 0) is 0 Å². The summed E-state index contributed by atoms with van der Waals surface area (Å²) in [7, 11) is 0. The summed E-state index contributed by atoms with van der Waals surface area (Å²) in [5.74, 6) is -0.953. The molecule has 5 nitrogen and oxygen atoms in total. The van der Waals surface area contributed by atoms with Gasteiger partial charge in [-0.25, -0.2) is 9.78 Å². The summed E-state index contributed by atoms with van der Waals surface area (Å²) in [4.78, 5) is 15.9. The largest absolute Gasteiger partial charge is 0.477 e. The first kappa shape index (κ1) is 14.9. The maximum atomic E-state index is 11.2. The molecule has 0 radical (unpaired) electrons. The van der Waals surface area contributed by atoms with E-state index in [1.807, 2.05) is 25.1 Å². The van der Waals surface area contributed by atoms with E-state index in [9.17, 15) is 15.2 Å². The first-order chi connectivity index (χ1) is 11.5. The number of hydrogen-bond acceptors (Lipinski definition) is 4. The van der Waals surface area contributed by atoms with Crippen molar-refractivity contribution in [2.24, 2.45) is 0 Å². The minimum absolute atomic E-state index is 0.261. The molecule has 0 atom stereocenters. The van der Waals surface area contributed by atoms with Crippen molar-refractivity contribution in [2.45, 2.75) is 32.7 Å². The Labute approximate surface area is 142 Å². The van der Waals surface area contributed by atoms with Crippen LogP contribution in [0.25, 0.3) is 21.5 Å². The highest BCUT2D eigenvalue weighted by atomic mass is 32.1. The lowest BCUT2D eigenvalue weighted by Gasteiger charge is -2.05. The van der Waals surface area contributed by atoms with Gasteiger partial charge in [0.1, 0.15) is 16.0 Å². The SMILES string of the molecule is Cc1nc(-c2ccc3c(c2)c(C#N)c(C)n3C2CC2)sc1C(=O)O. The number of rotatable bonds is 3. The smallest absolute Gasteiger partial charge is 0.347 e. The van der Waals surface area contributed by atoms with Crippen LogP contribution in [0.2, 0.25) is 0 Å². The summed E-state index contributed by atoms with van der Waals surface area (Å²) in [6.45, 7) is 3.70. The van der Waals surface area contributed by atoms with Crippen LogP contribution in [0.3, 0.4) is 0 Å². The van der Waals surface area contributed by atoms with Crippen LogP contribution in [0.1, 0.15) is 45.5 Å². The summed E-state index contributed by atoms with van der Waals surface area (Å²) < 4.78 is 2.26. The first-order valence-corrected chi connectivity index (χ1v) is 8.58. The summed E-state index contributed by atoms with van der Waals surface area (Å²) in [6, 6.07) is 8.77. The molecule has 6 heteroatoms. The predicted octanol–water partition coefficient (Wildman–Crippen LogP) is 4.29. The van der Waals surface area contributed by atoms with Gasteiger partial charge in [0.25, 0.3) is 0 Å². The van der Waals surface area contributed by atoms with E-state index in [0.29, 0.717) is 22.3 Å². The number of aromatic carboxylic acids is 1. The summed E-state index contributed by atoms with van der Waals surface area (Å²) in [5, 5.41) is 20.4. The summed E-state index contributed by atoms with van der Waals surface area (Å²) in [5.41, 5.74) is 4.16. The molecule has 0 aliphatic heterocycles. The fraction of sp³-hybridized carbons (Fsp3) is 0.278. The minimum atomic E-state index is -0.953. The van der Waals surface area contributed by atoms with Crippen LogP contribution in [0.5, 0.6) is 0 Å². The second-order valence-electron chi connectivity index (χ2n) is 6.14. The Balaban J connectivity index is 1.91. The molecule has 1 fully saturated rings. The molecule has 1 N–H and O–H groups in total. The summed E-state index contributed by atoms with van der Waals surface area (Å²) >= 11 is 1.17. The van der Waals surface area contributed by atoms with Gasteiger partial charge in [0.05, 0.1) is 11.3 Å². The van der Waals surface area contributed by atoms with Crippen LogP contribution >= 0.6 is 11.3 Å². The van der Waals surface area contributed by atoms with Crippen molar-refractivity contribution in [3.63, 3.8) is 0 Å². The van der Waals surface area contributed by atoms with Gasteiger partial charge < -0.3 is 9.67 Å². The fourth-order valence-corrected chi connectivity index (χ4v) is 4.14. The number of hydrogen-bond donors (Lipinski definition) is 1. The Bertz CT molecular complexity index is 1030. The van der Waals surface area contributed by atoms with Gasteiger partial charge >= 0.3 is 5.97 Å². The van der Waals surface area contributed by atoms with Crippen molar-refractivity contribution < 1.29 is 9.90 Å². The van der Waals surface area contributed by atoms with E-state index in [1.165, 1.54) is 11.3 Å². The molecule has 2 aromatic heterocycles. The third-order valence-corrected chi connectivity index (χ3v) is 5.70. The predicted molar refractivity (Wildman–Crippen MR) is 92.5 cm³/mol. The van der Waals surface area contributed by atoms with Crippen LogP contribution in [0, 0.1) is 25.2 Å². The Morgan fingerprint density at radius 3 is 2.75 bits per heavy atom. The number of carbonyl (C=O) groups is 1. The van der Waals surface area contributed by atoms with E-state index in [4.69, 9.17) is 0 Å². The molecule has 1 aromatic carbocycles. The zero-order chi connectivity index (χ0) is 17.0. The van der Waals surface area contributed by atoms with Crippen molar-refractivity contribution >= 4 is 28.2 Å². The Kier molecular flexibility index (Phi) is 3.22. The van der Waals surface area contributed by atoms with Crippen molar-refractivity contribution in [1.29, 1.82) is 5.26 Å². The molecular formula is C18H15N3O2S. The lowest BCUT2D eigenvalue weighted by atomic mass is 10.1. The highest BCUT2D eigenvalue weighted by Crippen LogP contribution is 2.42. The number of benzene rings is 1. The van der Waals surface area contributed by atoms with Gasteiger partial charge in [-0.15, -0.1) is 11.3 Å². The molecule has 3 aromatic rings. The van der Waals surface area contributed by atoms with E-state index in [0.717, 1.165) is 35.0 Å². The van der Waals surface area contributed by atoms with Crippen LogP contribution in [0.15, 0.2) is 18.2 Å². The highest BCUT2D eigenvalue weighted by molar-refractivity contribution is 7.17. The second kappa shape index (κ2) is 5.18. The van der Waals surface area contributed by atoms with Gasteiger partial charge in [-0.1, -0.05) is 0 Å². The zero-order valence-electron chi connectivity index (χ0n) is 13.3. The number of carboxylic acids is 1. The average Bonchev–Trinajstić information content (AvgIpc) is 3.23. The third kappa shape index (κ3) is 2.13. The highest BCUT2D eigenvalue weighted by Gasteiger charge is 2.28. The number of fused-ring (bicyclic) bond motifs is 1. The molecule has 1 saturated carbocycles. The lowest BCUT2D eigenvalue weighted by Crippen LogP contribution is -1.96. The number of aromatic nitrogens is 2. The van der Waals surface area contributed by atoms with Crippen molar-refractivity contribution in [1.82, 2.24) is 9.55 Å². The van der Waals surface area contributed by atoms with Crippen LogP contribution in [-0.4, -0.2) is 20.6 Å². The molecule has 0 unspecified atom stereocenters. The number of nitrogens with zero attached hydrogens (tertiary/aromatic N) is 3.